The summed E-state index contributed by atoms with van der Waals surface area (Å²) in [4.78, 5) is 4.23. The van der Waals surface area contributed by atoms with Crippen LogP contribution in [0.3, 0.4) is 0 Å². The van der Waals surface area contributed by atoms with Crippen molar-refractivity contribution < 1.29 is 4.74 Å². The quantitative estimate of drug-likeness (QED) is 0.647. The predicted molar refractivity (Wildman–Crippen MR) is 63.4 cm³/mol. The van der Waals surface area contributed by atoms with Crippen molar-refractivity contribution in [1.29, 1.82) is 0 Å². The van der Waals surface area contributed by atoms with E-state index >= 15 is 0 Å². The van der Waals surface area contributed by atoms with Gasteiger partial charge in [0.1, 0.15) is 5.75 Å². The highest BCUT2D eigenvalue weighted by Crippen LogP contribution is 2.25. The highest BCUT2D eigenvalue weighted by Gasteiger charge is 2.06. The van der Waals surface area contributed by atoms with Gasteiger partial charge in [-0.1, -0.05) is 12.8 Å². The van der Waals surface area contributed by atoms with Crippen LogP contribution in [0.25, 0.3) is 11.0 Å². The molecule has 0 saturated heterocycles. The summed E-state index contributed by atoms with van der Waals surface area (Å²) in [7, 11) is 1.63. The first-order valence-electron chi connectivity index (χ1n) is 3.62. The largest absolute Gasteiger partial charge is 0.495 e. The van der Waals surface area contributed by atoms with Gasteiger partial charge in [-0.05, 0) is 28.7 Å². The van der Waals surface area contributed by atoms with Crippen molar-refractivity contribution in [3.63, 3.8) is 0 Å². The molecule has 13 heavy (non-hydrogen) atoms. The van der Waals surface area contributed by atoms with Crippen LogP contribution in [0.2, 0.25) is 0 Å². The molecule has 0 atom stereocenters. The maximum atomic E-state index is 5.09. The maximum absolute atomic E-state index is 5.09. The Bertz CT molecular complexity index is 455. The van der Waals surface area contributed by atoms with Gasteiger partial charge in [0.15, 0.2) is 5.65 Å². The summed E-state index contributed by atoms with van der Waals surface area (Å²) in [5.74, 6) is 0.768. The molecule has 0 unspecified atom stereocenters. The van der Waals surface area contributed by atoms with E-state index in [0.717, 1.165) is 20.4 Å². The number of nitrogens with zero attached hydrogens (tertiary/aromatic N) is 2. The molecule has 2 aromatic heterocycles. The lowest BCUT2D eigenvalue weighted by molar-refractivity contribution is 0.413. The van der Waals surface area contributed by atoms with E-state index in [1.165, 1.54) is 0 Å². The number of methoxy groups -OCH3 is 1. The van der Waals surface area contributed by atoms with Gasteiger partial charge >= 0.3 is 0 Å². The molecule has 2 rings (SSSR count). The predicted octanol–water partition coefficient (Wildman–Crippen LogP) is 2.34. The van der Waals surface area contributed by atoms with E-state index in [1.54, 1.807) is 17.3 Å². The van der Waals surface area contributed by atoms with Crippen molar-refractivity contribution in [2.45, 2.75) is 0 Å². The number of ether oxygens (including phenoxy) is 1. The molecule has 0 aliphatic carbocycles. The van der Waals surface area contributed by atoms with Crippen LogP contribution in [0.15, 0.2) is 18.5 Å². The van der Waals surface area contributed by atoms with Crippen molar-refractivity contribution in [2.75, 3.05) is 7.11 Å². The van der Waals surface area contributed by atoms with Gasteiger partial charge in [-0.3, -0.25) is 3.97 Å². The van der Waals surface area contributed by atoms with Crippen LogP contribution >= 0.6 is 35.4 Å². The topological polar surface area (TPSA) is 27.1 Å². The molecule has 0 saturated carbocycles. The minimum atomic E-state index is 0.768. The Morgan fingerprint density at radius 2 is 2.38 bits per heavy atom. The van der Waals surface area contributed by atoms with E-state index in [-0.39, 0.29) is 0 Å². The van der Waals surface area contributed by atoms with Crippen LogP contribution in [-0.4, -0.2) is 16.1 Å². The fraction of sp³-hybridized carbons (Fsp3) is 0.125. The molecule has 0 amide bonds. The smallest absolute Gasteiger partial charge is 0.151 e. The molecule has 3 nitrogen and oxygen atoms in total. The van der Waals surface area contributed by atoms with Gasteiger partial charge in [0.25, 0.3) is 0 Å². The zero-order valence-electron chi connectivity index (χ0n) is 6.86. The molecule has 0 spiro atoms. The minimum absolute atomic E-state index is 0.768. The third kappa shape index (κ3) is 1.50. The first kappa shape index (κ1) is 9.14. The van der Waals surface area contributed by atoms with Crippen molar-refractivity contribution in [2.24, 2.45) is 0 Å². The first-order chi connectivity index (χ1) is 6.22. The van der Waals surface area contributed by atoms with Crippen molar-refractivity contribution in [3.8, 4) is 5.75 Å². The molecule has 0 aromatic carbocycles. The Hall–Kier alpha value is -0.430. The summed E-state index contributed by atoms with van der Waals surface area (Å²) in [6.45, 7) is 0. The highest BCUT2D eigenvalue weighted by molar-refractivity contribution is 14.1. The summed E-state index contributed by atoms with van der Waals surface area (Å²) in [6.07, 6.45) is 3.60. The molecule has 0 fully saturated rings. The molecule has 0 radical (unpaired) electrons. The average Bonchev–Trinajstić information content (AvgIpc) is 2.42. The summed E-state index contributed by atoms with van der Waals surface area (Å²) < 4.78 is 7.91. The van der Waals surface area contributed by atoms with Crippen molar-refractivity contribution >= 4 is 46.4 Å². The van der Waals surface area contributed by atoms with Gasteiger partial charge in [-0.25, -0.2) is 4.98 Å². The first-order valence-corrected chi connectivity index (χ1v) is 5.10. The number of fused-ring (bicyclic) bond motifs is 1. The highest BCUT2D eigenvalue weighted by atomic mass is 127. The summed E-state index contributed by atoms with van der Waals surface area (Å²) in [5.41, 5.74) is 0.855. The Labute approximate surface area is 94.8 Å². The van der Waals surface area contributed by atoms with Crippen LogP contribution in [-0.2, 0) is 0 Å². The Balaban J connectivity index is 2.76. The molecule has 0 bridgehead atoms. The number of halogens is 1. The molecule has 68 valence electrons. The summed E-state index contributed by atoms with van der Waals surface area (Å²) in [6, 6.07) is 1.96. The van der Waals surface area contributed by atoms with Crippen LogP contribution in [0, 0.1) is 3.57 Å². The van der Waals surface area contributed by atoms with Gasteiger partial charge < -0.3 is 4.74 Å². The second kappa shape index (κ2) is 3.38. The lowest BCUT2D eigenvalue weighted by Crippen LogP contribution is -1.86. The molecule has 5 heteroatoms. The normalized spacial score (nSPS) is 10.7. The zero-order valence-corrected chi connectivity index (χ0v) is 9.91. The van der Waals surface area contributed by atoms with E-state index in [9.17, 15) is 0 Å². The number of aromatic nitrogens is 2. The zero-order chi connectivity index (χ0) is 9.42. The molecular weight excluding hydrogens is 299 g/mol. The molecular formula is C8H7IN2OS. The van der Waals surface area contributed by atoms with Crippen LogP contribution in [0.1, 0.15) is 0 Å². The molecule has 0 aliphatic heterocycles. The number of hydrogen-bond donors (Lipinski definition) is 1. The van der Waals surface area contributed by atoms with Crippen LogP contribution in [0.5, 0.6) is 5.75 Å². The Morgan fingerprint density at radius 3 is 3.08 bits per heavy atom. The van der Waals surface area contributed by atoms with Crippen LogP contribution in [0.4, 0.5) is 0 Å². The van der Waals surface area contributed by atoms with Crippen molar-refractivity contribution in [1.82, 2.24) is 8.96 Å². The van der Waals surface area contributed by atoms with Gasteiger partial charge in [-0.15, -0.1) is 0 Å². The number of rotatable bonds is 1. The number of pyridine rings is 1. The standard InChI is InChI=1S/C8H7IN2OS/c1-12-5-2-6-7(9)4-11(13)8(6)10-3-5/h2-4,13H,1H3. The summed E-state index contributed by atoms with van der Waals surface area (Å²) in [5, 5.41) is 1.06. The van der Waals surface area contributed by atoms with Gasteiger partial charge in [0.05, 0.1) is 13.3 Å². The van der Waals surface area contributed by atoms with Gasteiger partial charge in [-0.2, -0.15) is 0 Å². The lowest BCUT2D eigenvalue weighted by Gasteiger charge is -1.98. The second-order valence-corrected chi connectivity index (χ2v) is 4.16. The van der Waals surface area contributed by atoms with Gasteiger partial charge in [0.2, 0.25) is 0 Å². The monoisotopic (exact) mass is 306 g/mol. The Kier molecular flexibility index (Phi) is 2.37. The van der Waals surface area contributed by atoms with Crippen molar-refractivity contribution in [3.05, 3.63) is 22.0 Å². The molecule has 2 heterocycles. The van der Waals surface area contributed by atoms with Gasteiger partial charge in [0, 0.05) is 15.2 Å². The third-order valence-electron chi connectivity index (χ3n) is 1.79. The van der Waals surface area contributed by atoms with E-state index in [2.05, 4.69) is 40.4 Å². The van der Waals surface area contributed by atoms with Crippen LogP contribution < -0.4 is 4.74 Å². The fourth-order valence-corrected chi connectivity index (χ4v) is 2.32. The molecule has 2 aromatic rings. The lowest BCUT2D eigenvalue weighted by atomic mass is 10.3. The minimum Gasteiger partial charge on any atom is -0.495 e. The SMILES string of the molecule is COc1cnc2c(c1)c(I)cn2S. The molecule has 0 aliphatic rings. The summed E-state index contributed by atoms with van der Waals surface area (Å²) >= 11 is 6.49. The second-order valence-electron chi connectivity index (χ2n) is 2.57. The maximum Gasteiger partial charge on any atom is 0.151 e. The Morgan fingerprint density at radius 1 is 1.62 bits per heavy atom. The number of thiol groups is 1. The van der Waals surface area contributed by atoms with E-state index in [1.807, 2.05) is 12.3 Å². The van der Waals surface area contributed by atoms with E-state index in [4.69, 9.17) is 4.74 Å². The fourth-order valence-electron chi connectivity index (χ4n) is 1.15. The molecule has 0 N–H and O–H groups in total. The van der Waals surface area contributed by atoms with E-state index in [0.29, 0.717) is 0 Å². The third-order valence-corrected chi connectivity index (χ3v) is 2.95. The van der Waals surface area contributed by atoms with E-state index < -0.39 is 0 Å². The average molecular weight is 306 g/mol. The number of hydrogen-bond acceptors (Lipinski definition) is 3.